The maximum Gasteiger partial charge on any atom is 0.416 e. The third kappa shape index (κ3) is 5.04. The summed E-state index contributed by atoms with van der Waals surface area (Å²) in [6.45, 7) is 1.94. The molecular formula is C20H18F4N2O3. The first-order chi connectivity index (χ1) is 13.6. The quantitative estimate of drug-likeness (QED) is 0.750. The molecule has 5 nitrogen and oxygen atoms in total. The third-order valence-electron chi connectivity index (χ3n) is 4.49. The molecule has 1 fully saturated rings. The van der Waals surface area contributed by atoms with Gasteiger partial charge >= 0.3 is 6.18 Å². The van der Waals surface area contributed by atoms with Crippen molar-refractivity contribution in [3.05, 3.63) is 58.9 Å². The van der Waals surface area contributed by atoms with Crippen molar-refractivity contribution < 1.29 is 31.9 Å². The Bertz CT molecular complexity index is 944. The van der Waals surface area contributed by atoms with Crippen LogP contribution in [0.5, 0.6) is 11.5 Å². The van der Waals surface area contributed by atoms with Crippen molar-refractivity contribution in [2.75, 3.05) is 6.54 Å². The molecule has 154 valence electrons. The number of halogens is 4. The highest BCUT2D eigenvalue weighted by Gasteiger charge is 2.32. The van der Waals surface area contributed by atoms with E-state index in [9.17, 15) is 27.2 Å². The molecule has 2 N–H and O–H groups in total. The maximum absolute atomic E-state index is 13.3. The van der Waals surface area contributed by atoms with E-state index in [-0.39, 0.29) is 29.4 Å². The van der Waals surface area contributed by atoms with Gasteiger partial charge in [0.15, 0.2) is 0 Å². The molecule has 0 spiro atoms. The number of nitrogens with one attached hydrogen (secondary N) is 2. The Balaban J connectivity index is 1.92. The van der Waals surface area contributed by atoms with Crippen molar-refractivity contribution >= 4 is 11.8 Å². The first kappa shape index (κ1) is 20.6. The first-order valence-corrected chi connectivity index (χ1v) is 8.86. The van der Waals surface area contributed by atoms with Crippen LogP contribution in [0.3, 0.4) is 0 Å². The monoisotopic (exact) mass is 410 g/mol. The van der Waals surface area contributed by atoms with Crippen LogP contribution in [0.15, 0.2) is 36.4 Å². The Morgan fingerprint density at radius 3 is 2.55 bits per heavy atom. The molecule has 1 aliphatic rings. The van der Waals surface area contributed by atoms with E-state index in [1.165, 1.54) is 12.1 Å². The molecule has 1 unspecified atom stereocenters. The van der Waals surface area contributed by atoms with Crippen LogP contribution in [0.4, 0.5) is 17.6 Å². The van der Waals surface area contributed by atoms with Crippen molar-refractivity contribution in [3.8, 4) is 11.5 Å². The Morgan fingerprint density at radius 2 is 1.90 bits per heavy atom. The van der Waals surface area contributed by atoms with Gasteiger partial charge in [-0.1, -0.05) is 0 Å². The lowest BCUT2D eigenvalue weighted by Gasteiger charge is -2.24. The van der Waals surface area contributed by atoms with Crippen LogP contribution in [0.1, 0.15) is 34.3 Å². The summed E-state index contributed by atoms with van der Waals surface area (Å²) in [6, 6.07) is 5.74. The predicted octanol–water partition coefficient (Wildman–Crippen LogP) is 3.95. The van der Waals surface area contributed by atoms with Crippen LogP contribution < -0.4 is 15.4 Å². The number of alkyl halides is 3. The number of ether oxygens (including phenoxy) is 1. The summed E-state index contributed by atoms with van der Waals surface area (Å²) in [5, 5.41) is 5.20. The van der Waals surface area contributed by atoms with Crippen LogP contribution in [0.25, 0.3) is 0 Å². The van der Waals surface area contributed by atoms with Gasteiger partial charge in [-0.05, 0) is 55.3 Å². The van der Waals surface area contributed by atoms with Gasteiger partial charge in [0.25, 0.3) is 5.91 Å². The van der Waals surface area contributed by atoms with Crippen molar-refractivity contribution in [1.82, 2.24) is 10.6 Å². The normalized spacial score (nSPS) is 16.9. The van der Waals surface area contributed by atoms with E-state index >= 15 is 0 Å². The second-order valence-corrected chi connectivity index (χ2v) is 6.73. The summed E-state index contributed by atoms with van der Waals surface area (Å²) in [7, 11) is 0. The topological polar surface area (TPSA) is 67.4 Å². The van der Waals surface area contributed by atoms with E-state index in [0.717, 1.165) is 18.2 Å². The molecule has 2 amide bonds. The van der Waals surface area contributed by atoms with Gasteiger partial charge in [0.1, 0.15) is 17.3 Å². The van der Waals surface area contributed by atoms with Gasteiger partial charge in [-0.2, -0.15) is 13.2 Å². The molecule has 1 saturated heterocycles. The molecule has 2 aromatic carbocycles. The molecule has 2 aromatic rings. The van der Waals surface area contributed by atoms with E-state index in [4.69, 9.17) is 4.74 Å². The second kappa shape index (κ2) is 8.10. The van der Waals surface area contributed by atoms with E-state index in [1.54, 1.807) is 6.92 Å². The van der Waals surface area contributed by atoms with Gasteiger partial charge < -0.3 is 15.4 Å². The number of amides is 2. The Labute approximate surface area is 164 Å². The number of carbonyl (C=O) groups excluding carboxylic acids is 2. The van der Waals surface area contributed by atoms with Gasteiger partial charge in [-0.15, -0.1) is 0 Å². The molecule has 0 aromatic heterocycles. The number of rotatable bonds is 4. The summed E-state index contributed by atoms with van der Waals surface area (Å²) >= 11 is 0. The second-order valence-electron chi connectivity index (χ2n) is 6.73. The highest BCUT2D eigenvalue weighted by Crippen LogP contribution is 2.35. The molecular weight excluding hydrogens is 392 g/mol. The highest BCUT2D eigenvalue weighted by atomic mass is 19.4. The third-order valence-corrected chi connectivity index (χ3v) is 4.49. The molecule has 29 heavy (non-hydrogen) atoms. The number of hydrogen-bond acceptors (Lipinski definition) is 3. The number of carbonyl (C=O) groups is 2. The lowest BCUT2D eigenvalue weighted by atomic mass is 10.0. The SMILES string of the molecule is Cc1cc(F)ccc1Oc1ccc(C(F)(F)F)cc1C(=O)NC1CCNC(=O)C1. The summed E-state index contributed by atoms with van der Waals surface area (Å²) in [4.78, 5) is 24.2. The number of aryl methyl sites for hydroxylation is 1. The minimum Gasteiger partial charge on any atom is -0.456 e. The lowest BCUT2D eigenvalue weighted by molar-refractivity contribution is -0.137. The van der Waals surface area contributed by atoms with E-state index in [2.05, 4.69) is 10.6 Å². The molecule has 1 aliphatic heterocycles. The molecule has 0 radical (unpaired) electrons. The zero-order valence-corrected chi connectivity index (χ0v) is 15.4. The molecule has 0 bridgehead atoms. The molecule has 1 atom stereocenters. The molecule has 3 rings (SSSR count). The summed E-state index contributed by atoms with van der Waals surface area (Å²) < 4.78 is 58.3. The number of hydrogen-bond donors (Lipinski definition) is 2. The van der Waals surface area contributed by atoms with Gasteiger partial charge in [0.2, 0.25) is 5.91 Å². The van der Waals surface area contributed by atoms with Gasteiger partial charge in [-0.3, -0.25) is 9.59 Å². The zero-order valence-electron chi connectivity index (χ0n) is 15.4. The molecule has 0 aliphatic carbocycles. The molecule has 9 heteroatoms. The van der Waals surface area contributed by atoms with Crippen molar-refractivity contribution in [2.24, 2.45) is 0 Å². The number of piperidine rings is 1. The fourth-order valence-corrected chi connectivity index (χ4v) is 2.99. The largest absolute Gasteiger partial charge is 0.456 e. The predicted molar refractivity (Wildman–Crippen MR) is 96.2 cm³/mol. The fraction of sp³-hybridized carbons (Fsp3) is 0.300. The van der Waals surface area contributed by atoms with Crippen LogP contribution in [-0.2, 0) is 11.0 Å². The average molecular weight is 410 g/mol. The average Bonchev–Trinajstić information content (AvgIpc) is 2.63. The van der Waals surface area contributed by atoms with Crippen LogP contribution in [0.2, 0.25) is 0 Å². The van der Waals surface area contributed by atoms with Crippen molar-refractivity contribution in [2.45, 2.75) is 32.0 Å². The van der Waals surface area contributed by atoms with Gasteiger partial charge in [-0.25, -0.2) is 4.39 Å². The lowest BCUT2D eigenvalue weighted by Crippen LogP contribution is -2.45. The fourth-order valence-electron chi connectivity index (χ4n) is 2.99. The van der Waals surface area contributed by atoms with Crippen molar-refractivity contribution in [1.29, 1.82) is 0 Å². The number of benzene rings is 2. The van der Waals surface area contributed by atoms with Gasteiger partial charge in [0, 0.05) is 19.0 Å². The Hall–Kier alpha value is -3.10. The summed E-state index contributed by atoms with van der Waals surface area (Å²) in [6.07, 6.45) is -4.15. The smallest absolute Gasteiger partial charge is 0.416 e. The summed E-state index contributed by atoms with van der Waals surface area (Å²) in [5.74, 6) is -1.42. The van der Waals surface area contributed by atoms with Crippen LogP contribution in [0, 0.1) is 12.7 Å². The Morgan fingerprint density at radius 1 is 1.17 bits per heavy atom. The molecule has 0 saturated carbocycles. The first-order valence-electron chi connectivity index (χ1n) is 8.86. The van der Waals surface area contributed by atoms with Crippen LogP contribution >= 0.6 is 0 Å². The van der Waals surface area contributed by atoms with E-state index in [0.29, 0.717) is 24.6 Å². The summed E-state index contributed by atoms with van der Waals surface area (Å²) in [5.41, 5.74) is -0.915. The maximum atomic E-state index is 13.3. The molecule has 1 heterocycles. The van der Waals surface area contributed by atoms with Crippen LogP contribution in [-0.4, -0.2) is 24.4 Å². The minimum absolute atomic E-state index is 0.0396. The van der Waals surface area contributed by atoms with E-state index in [1.807, 2.05) is 0 Å². The standard InChI is InChI=1S/C20H18F4N2O3/c1-11-8-13(21)3-5-16(11)29-17-4-2-12(20(22,23)24)9-15(17)19(28)26-14-6-7-25-18(27)10-14/h2-5,8-9,14H,6-7,10H2,1H3,(H,25,27)(H,26,28). The minimum atomic E-state index is -4.65. The Kier molecular flexibility index (Phi) is 5.76. The zero-order chi connectivity index (χ0) is 21.2. The van der Waals surface area contributed by atoms with E-state index < -0.39 is 29.5 Å². The highest BCUT2D eigenvalue weighted by molar-refractivity contribution is 5.97. The van der Waals surface area contributed by atoms with Crippen molar-refractivity contribution in [3.63, 3.8) is 0 Å². The van der Waals surface area contributed by atoms with Gasteiger partial charge in [0.05, 0.1) is 11.1 Å².